The number of ether oxygens (including phenoxy) is 2. The van der Waals surface area contributed by atoms with Gasteiger partial charge < -0.3 is 19.1 Å². The number of sulfone groups is 1. The topological polar surface area (TPSA) is 135 Å². The highest BCUT2D eigenvalue weighted by molar-refractivity contribution is 7.90. The Morgan fingerprint density at radius 3 is 2.29 bits per heavy atom. The summed E-state index contributed by atoms with van der Waals surface area (Å²) in [5.41, 5.74) is 6.19. The van der Waals surface area contributed by atoms with Crippen molar-refractivity contribution in [2.75, 3.05) is 18.6 Å². The van der Waals surface area contributed by atoms with Crippen LogP contribution in [-0.4, -0.2) is 51.0 Å². The van der Waals surface area contributed by atoms with Gasteiger partial charge in [-0.1, -0.05) is 18.2 Å². The fraction of sp³-hybridized carbons (Fsp3) is 0.296. The lowest BCUT2D eigenvalue weighted by atomic mass is 9.95. The molecule has 4 rings (SSSR count). The van der Waals surface area contributed by atoms with E-state index < -0.39 is 20.8 Å². The van der Waals surface area contributed by atoms with Crippen LogP contribution in [0.1, 0.15) is 28.9 Å². The van der Waals surface area contributed by atoms with Gasteiger partial charge in [0.1, 0.15) is 22.2 Å². The Balaban J connectivity index is 1.46. The van der Waals surface area contributed by atoms with Gasteiger partial charge in [-0.3, -0.25) is 0 Å². The van der Waals surface area contributed by atoms with Crippen LogP contribution in [0.2, 0.25) is 0 Å². The van der Waals surface area contributed by atoms with Crippen molar-refractivity contribution in [3.63, 3.8) is 0 Å². The minimum absolute atomic E-state index is 0.0553. The first kappa shape index (κ1) is 27.5. The van der Waals surface area contributed by atoms with Crippen LogP contribution in [0.4, 0.5) is 0 Å². The third-order valence-corrected chi connectivity index (χ3v) is 8.13. The standard InChI is InChI=1S/C27H29N3O6S2/c1-17-21(16-36-22-11-9-20(10-12-22)24-15-25(31)30-37(24)32)7-5-8-23(17)26-18(2)28-27(29-19(26)3)35-13-6-14-38(4,33)34/h5,7-12,15H,6,13-14,16H2,1-4H3,(H,30,31). The fourth-order valence-electron chi connectivity index (χ4n) is 4.12. The number of aromatic nitrogens is 3. The van der Waals surface area contributed by atoms with Crippen molar-refractivity contribution < 1.29 is 27.6 Å². The molecule has 0 bridgehead atoms. The van der Waals surface area contributed by atoms with Crippen molar-refractivity contribution in [2.45, 2.75) is 33.8 Å². The lowest BCUT2D eigenvalue weighted by Crippen LogP contribution is -2.10. The van der Waals surface area contributed by atoms with Gasteiger partial charge in [0.05, 0.1) is 40.8 Å². The minimum Gasteiger partial charge on any atom is -0.568 e. The fourth-order valence-corrected chi connectivity index (χ4v) is 5.63. The molecule has 0 fully saturated rings. The molecule has 0 aliphatic rings. The molecule has 0 saturated heterocycles. The number of benzene rings is 2. The molecule has 200 valence electrons. The van der Waals surface area contributed by atoms with E-state index in [9.17, 15) is 18.1 Å². The first-order chi connectivity index (χ1) is 18.0. The molecule has 0 aliphatic heterocycles. The normalized spacial score (nSPS) is 12.0. The molecule has 2 aromatic heterocycles. The molecule has 4 aromatic rings. The van der Waals surface area contributed by atoms with Gasteiger partial charge in [-0.15, -0.1) is 0 Å². The summed E-state index contributed by atoms with van der Waals surface area (Å²) in [6.07, 6.45) is 1.58. The van der Waals surface area contributed by atoms with Gasteiger partial charge in [0, 0.05) is 21.8 Å². The summed E-state index contributed by atoms with van der Waals surface area (Å²) in [5, 5.41) is 9.47. The Kier molecular flexibility index (Phi) is 8.29. The highest BCUT2D eigenvalue weighted by Crippen LogP contribution is 2.35. The van der Waals surface area contributed by atoms with Crippen LogP contribution in [0.5, 0.6) is 17.6 Å². The van der Waals surface area contributed by atoms with Crippen LogP contribution >= 0.6 is 10.9 Å². The van der Waals surface area contributed by atoms with E-state index in [0.717, 1.165) is 33.6 Å². The molecule has 0 spiro atoms. The molecule has 1 N–H and O–H groups in total. The summed E-state index contributed by atoms with van der Waals surface area (Å²) in [5.74, 6) is 0.470. The van der Waals surface area contributed by atoms with Gasteiger partial charge >= 0.3 is 6.01 Å². The van der Waals surface area contributed by atoms with E-state index in [1.165, 1.54) is 12.3 Å². The van der Waals surface area contributed by atoms with Crippen LogP contribution in [0, 0.1) is 20.8 Å². The smallest absolute Gasteiger partial charge is 0.316 e. The molecule has 2 aromatic carbocycles. The molecule has 38 heavy (non-hydrogen) atoms. The van der Waals surface area contributed by atoms with Gasteiger partial charge in [0.25, 0.3) is 5.88 Å². The van der Waals surface area contributed by atoms with Crippen molar-refractivity contribution in [1.29, 1.82) is 0 Å². The van der Waals surface area contributed by atoms with Gasteiger partial charge in [-0.2, -0.15) is 9.97 Å². The SMILES string of the molecule is Cc1nc(OCCCS(C)(=O)=O)nc(C)c1-c1cccc(COc2ccc(-c3cc(O)n[s+]3[O-])cc2)c1C. The van der Waals surface area contributed by atoms with E-state index in [1.54, 1.807) is 24.3 Å². The summed E-state index contributed by atoms with van der Waals surface area (Å²) < 4.78 is 49.8. The summed E-state index contributed by atoms with van der Waals surface area (Å²) in [4.78, 5) is 9.45. The zero-order valence-electron chi connectivity index (χ0n) is 21.6. The van der Waals surface area contributed by atoms with E-state index in [2.05, 4.69) is 14.3 Å². The predicted molar refractivity (Wildman–Crippen MR) is 146 cm³/mol. The zero-order valence-corrected chi connectivity index (χ0v) is 23.2. The Morgan fingerprint density at radius 1 is 1.00 bits per heavy atom. The van der Waals surface area contributed by atoms with E-state index in [-0.39, 0.29) is 24.3 Å². The highest BCUT2D eigenvalue weighted by atomic mass is 32.2. The van der Waals surface area contributed by atoms with Crippen LogP contribution in [0.3, 0.4) is 0 Å². The summed E-state index contributed by atoms with van der Waals surface area (Å²) >= 11 is 0. The second kappa shape index (κ2) is 11.5. The summed E-state index contributed by atoms with van der Waals surface area (Å²) in [6.45, 7) is 6.39. The molecular weight excluding hydrogens is 526 g/mol. The van der Waals surface area contributed by atoms with Gasteiger partial charge in [-0.25, -0.2) is 8.42 Å². The third-order valence-electron chi connectivity index (χ3n) is 6.01. The number of nitrogens with zero attached hydrogens (tertiary/aromatic N) is 3. The second-order valence-electron chi connectivity index (χ2n) is 8.99. The van der Waals surface area contributed by atoms with Crippen LogP contribution in [-0.2, 0) is 16.4 Å². The molecule has 9 nitrogen and oxygen atoms in total. The number of rotatable bonds is 10. The van der Waals surface area contributed by atoms with Crippen molar-refractivity contribution in [2.24, 2.45) is 0 Å². The maximum Gasteiger partial charge on any atom is 0.316 e. The average molecular weight is 556 g/mol. The molecular formula is C27H29N3O6S2. The lowest BCUT2D eigenvalue weighted by Gasteiger charge is -2.16. The Bertz CT molecular complexity index is 1530. The monoisotopic (exact) mass is 555 g/mol. The zero-order chi connectivity index (χ0) is 27.4. The van der Waals surface area contributed by atoms with Crippen LogP contribution < -0.4 is 9.47 Å². The van der Waals surface area contributed by atoms with E-state index in [0.29, 0.717) is 29.2 Å². The average Bonchev–Trinajstić information content (AvgIpc) is 3.19. The van der Waals surface area contributed by atoms with Crippen molar-refractivity contribution in [3.05, 3.63) is 71.0 Å². The lowest BCUT2D eigenvalue weighted by molar-refractivity contribution is 0.291. The highest BCUT2D eigenvalue weighted by Gasteiger charge is 2.17. The maximum atomic E-state index is 12.0. The summed E-state index contributed by atoms with van der Waals surface area (Å²) in [7, 11) is -4.63. The second-order valence-corrected chi connectivity index (χ2v) is 12.4. The van der Waals surface area contributed by atoms with Gasteiger partial charge in [0.2, 0.25) is 4.88 Å². The summed E-state index contributed by atoms with van der Waals surface area (Å²) in [6, 6.07) is 14.8. The van der Waals surface area contributed by atoms with E-state index >= 15 is 0 Å². The Morgan fingerprint density at radius 2 is 1.68 bits per heavy atom. The molecule has 0 aliphatic carbocycles. The molecule has 0 saturated carbocycles. The third kappa shape index (κ3) is 6.66. The molecule has 2 heterocycles. The number of hydrogen-bond donors (Lipinski definition) is 1. The quantitative estimate of drug-likeness (QED) is 0.213. The van der Waals surface area contributed by atoms with Crippen molar-refractivity contribution >= 4 is 20.8 Å². The first-order valence-electron chi connectivity index (χ1n) is 11.9. The molecule has 1 atom stereocenters. The molecule has 0 radical (unpaired) electrons. The van der Waals surface area contributed by atoms with Crippen molar-refractivity contribution in [3.8, 4) is 39.2 Å². The van der Waals surface area contributed by atoms with Gasteiger partial charge in [-0.05, 0) is 68.1 Å². The Labute approximate surface area is 225 Å². The van der Waals surface area contributed by atoms with E-state index in [4.69, 9.17) is 9.47 Å². The molecule has 0 amide bonds. The van der Waals surface area contributed by atoms with Crippen LogP contribution in [0.15, 0.2) is 48.5 Å². The Hall–Kier alpha value is -3.54. The van der Waals surface area contributed by atoms with Crippen molar-refractivity contribution in [1.82, 2.24) is 14.3 Å². The first-order valence-corrected chi connectivity index (χ1v) is 15.1. The number of aryl methyl sites for hydroxylation is 2. The largest absolute Gasteiger partial charge is 0.568 e. The number of aromatic hydroxyl groups is 1. The molecule has 11 heteroatoms. The minimum atomic E-state index is -3.04. The molecule has 1 unspecified atom stereocenters. The van der Waals surface area contributed by atoms with Gasteiger partial charge in [0.15, 0.2) is 0 Å². The maximum absolute atomic E-state index is 12.0. The number of hydrogen-bond acceptors (Lipinski definition) is 9. The predicted octanol–water partition coefficient (Wildman–Crippen LogP) is 4.96. The van der Waals surface area contributed by atoms with E-state index in [1.807, 2.05) is 39.0 Å². The van der Waals surface area contributed by atoms with Crippen LogP contribution in [0.25, 0.3) is 21.6 Å².